The van der Waals surface area contributed by atoms with Gasteiger partial charge in [-0.05, 0) is 6.92 Å². The second-order valence-corrected chi connectivity index (χ2v) is 11.1. The second-order valence-electron chi connectivity index (χ2n) is 8.07. The summed E-state index contributed by atoms with van der Waals surface area (Å²) in [6.07, 6.45) is -19.4. The molecule has 0 radical (unpaired) electrons. The smallest absolute Gasteiger partial charge is 0.218 e. The predicted molar refractivity (Wildman–Crippen MR) is 116 cm³/mol. The molecule has 0 N–H and O–H groups in total. The van der Waals surface area contributed by atoms with Crippen LogP contribution in [0.25, 0.3) is 0 Å². The van der Waals surface area contributed by atoms with E-state index in [1.807, 2.05) is 0 Å². The highest BCUT2D eigenvalue weighted by Gasteiger charge is 2.55. The molecule has 10 atom stereocenters. The van der Waals surface area contributed by atoms with Gasteiger partial charge in [-0.2, -0.15) is 0 Å². The molecule has 21 nitrogen and oxygen atoms in total. The summed E-state index contributed by atoms with van der Waals surface area (Å²) in [5.74, 6) is -1.85. The Bertz CT molecular complexity index is 1190. The lowest BCUT2D eigenvalue weighted by Gasteiger charge is -2.49. The molecule has 4 unspecified atom stereocenters. The highest BCUT2D eigenvalue weighted by atomic mass is 32.3. The Morgan fingerprint density at radius 2 is 1.27 bits per heavy atom. The van der Waals surface area contributed by atoms with E-state index in [4.69, 9.17) is 33.2 Å². The van der Waals surface area contributed by atoms with Crippen LogP contribution in [-0.2, 0) is 81.7 Å². The van der Waals surface area contributed by atoms with Crippen molar-refractivity contribution in [2.24, 2.45) is 0 Å². The topological polar surface area (TPSA) is 304 Å². The van der Waals surface area contributed by atoms with E-state index in [1.54, 1.807) is 0 Å². The number of rotatable bonds is 15. The number of ether oxygens (including phenoxy) is 7. The van der Waals surface area contributed by atoms with E-state index in [-0.39, 0.29) is 6.61 Å². The molecule has 0 spiro atoms. The van der Waals surface area contributed by atoms with E-state index in [2.05, 4.69) is 12.5 Å². The van der Waals surface area contributed by atoms with Gasteiger partial charge in [0.15, 0.2) is 18.7 Å². The van der Waals surface area contributed by atoms with Crippen molar-refractivity contribution < 1.29 is 94.5 Å². The molecule has 2 saturated heterocycles. The maximum atomic E-state index is 11.9. The lowest BCUT2D eigenvalue weighted by Crippen LogP contribution is -2.67. The Kier molecular flexibility index (Phi) is 12.7. The Labute approximate surface area is 234 Å². The summed E-state index contributed by atoms with van der Waals surface area (Å²) >= 11 is 0. The van der Waals surface area contributed by atoms with Gasteiger partial charge in [-0.25, -0.2) is 25.3 Å². The first-order chi connectivity index (χ1) is 18.9. The Morgan fingerprint density at radius 3 is 1.71 bits per heavy atom. The van der Waals surface area contributed by atoms with Gasteiger partial charge in [0, 0.05) is 27.9 Å². The van der Waals surface area contributed by atoms with Crippen LogP contribution in [0.3, 0.4) is 0 Å². The van der Waals surface area contributed by atoms with Crippen molar-refractivity contribution in [1.82, 2.24) is 0 Å². The largest absolute Gasteiger partial charge is 0.726 e. The predicted octanol–water partition coefficient (Wildman–Crippen LogP) is -5.18. The maximum Gasteiger partial charge on any atom is 0.218 e. The number of carboxylic acids is 1. The number of carbonyl (C=O) groups excluding carboxylic acids is 1. The lowest BCUT2D eigenvalue weighted by atomic mass is 9.96. The monoisotopic (exact) mass is 662 g/mol. The SMILES string of the molecule is CCO[C@@H]1C(C(=O)[O-])O[C@@H](O[C@H]2C(OS(=O)(=O)[O-])C(OS(=O)(=O)[O-])[C@@H](OC)O[C@H]2COS(=O)(=O)[O-])C(OC)[C@H]1OC. The van der Waals surface area contributed by atoms with Crippen LogP contribution >= 0.6 is 0 Å². The summed E-state index contributed by atoms with van der Waals surface area (Å²) in [6, 6.07) is 0. The molecular weight excluding hydrogens is 636 g/mol. The lowest BCUT2D eigenvalue weighted by molar-refractivity contribution is -0.373. The molecule has 2 aliphatic rings. The fourth-order valence-electron chi connectivity index (χ4n) is 4.16. The first-order valence-electron chi connectivity index (χ1n) is 11.1. The van der Waals surface area contributed by atoms with Gasteiger partial charge in [0.05, 0.1) is 12.6 Å². The van der Waals surface area contributed by atoms with Crippen LogP contribution in [0.2, 0.25) is 0 Å². The quantitative estimate of drug-likeness (QED) is 0.117. The maximum absolute atomic E-state index is 11.9. The van der Waals surface area contributed by atoms with Gasteiger partial charge < -0.3 is 56.7 Å². The number of hydrogen-bond acceptors (Lipinski definition) is 21. The average Bonchev–Trinajstić information content (AvgIpc) is 2.83. The van der Waals surface area contributed by atoms with Crippen molar-refractivity contribution in [3.63, 3.8) is 0 Å². The molecule has 2 rings (SSSR count). The normalized spacial score (nSPS) is 35.3. The molecule has 242 valence electrons. The van der Waals surface area contributed by atoms with Crippen LogP contribution in [0.4, 0.5) is 0 Å². The van der Waals surface area contributed by atoms with Crippen molar-refractivity contribution in [1.29, 1.82) is 0 Å². The summed E-state index contributed by atoms with van der Waals surface area (Å²) in [4.78, 5) is 11.9. The molecule has 2 heterocycles. The van der Waals surface area contributed by atoms with Crippen molar-refractivity contribution in [3.05, 3.63) is 0 Å². The zero-order valence-electron chi connectivity index (χ0n) is 21.5. The average molecular weight is 663 g/mol. The van der Waals surface area contributed by atoms with Gasteiger partial charge in [0.2, 0.25) is 31.2 Å². The Morgan fingerprint density at radius 1 is 0.707 bits per heavy atom. The molecule has 0 aliphatic carbocycles. The molecule has 41 heavy (non-hydrogen) atoms. The molecular formula is C17H26O21S3-4. The highest BCUT2D eigenvalue weighted by molar-refractivity contribution is 7.81. The van der Waals surface area contributed by atoms with E-state index in [0.29, 0.717) is 0 Å². The van der Waals surface area contributed by atoms with E-state index in [9.17, 15) is 48.8 Å². The van der Waals surface area contributed by atoms with Crippen LogP contribution in [0.1, 0.15) is 6.92 Å². The number of carboxylic acid groups (broad SMARTS) is 1. The zero-order valence-corrected chi connectivity index (χ0v) is 23.9. The van der Waals surface area contributed by atoms with Crippen LogP contribution in [0.5, 0.6) is 0 Å². The molecule has 2 fully saturated rings. The number of methoxy groups -OCH3 is 3. The molecule has 24 heteroatoms. The minimum absolute atomic E-state index is 0.0441. The third kappa shape index (κ3) is 10.2. The van der Waals surface area contributed by atoms with Crippen LogP contribution in [-0.4, -0.2) is 141 Å². The summed E-state index contributed by atoms with van der Waals surface area (Å²) in [6.45, 7) is 0.159. The second kappa shape index (κ2) is 14.5. The molecule has 0 aromatic heterocycles. The van der Waals surface area contributed by atoms with Crippen molar-refractivity contribution in [2.45, 2.75) is 68.3 Å². The van der Waals surface area contributed by atoms with E-state index >= 15 is 0 Å². The third-order valence-electron chi connectivity index (χ3n) is 5.58. The van der Waals surface area contributed by atoms with Gasteiger partial charge in [-0.1, -0.05) is 0 Å². The molecule has 0 aromatic rings. The van der Waals surface area contributed by atoms with Gasteiger partial charge in [0.25, 0.3) is 0 Å². The first-order valence-corrected chi connectivity index (χ1v) is 15.1. The van der Waals surface area contributed by atoms with Gasteiger partial charge in [-0.15, -0.1) is 0 Å². The fourth-order valence-corrected chi connectivity index (χ4v) is 5.42. The molecule has 0 saturated carbocycles. The fraction of sp³-hybridized carbons (Fsp3) is 0.941. The summed E-state index contributed by atoms with van der Waals surface area (Å²) < 4.78 is 152. The van der Waals surface area contributed by atoms with E-state index < -0.39 is 105 Å². The van der Waals surface area contributed by atoms with Gasteiger partial charge in [-0.3, -0.25) is 12.5 Å². The standard InChI is InChI=1S/C17H30O21S3/c1-5-32-10-9(29-2)13(30-3)17(36-12(10)15(18)19)35-8-7(6-33-39(20,21)22)34-16(31-4)14(38-41(26,27)28)11(8)37-40(23,24)25/h7-14,16-17H,5-6H2,1-4H3,(H,18,19)(H,20,21,22)(H,23,24,25)(H,26,27,28)/p-4/t7-,8+,9-,10-,11?,12?,13?,14?,16-,17+/m0/s1. The third-order valence-corrected chi connectivity index (χ3v) is 6.92. The number of hydrogen-bond donors (Lipinski definition) is 0. The Balaban J connectivity index is 2.65. The molecule has 2 aliphatic heterocycles. The highest BCUT2D eigenvalue weighted by Crippen LogP contribution is 2.35. The summed E-state index contributed by atoms with van der Waals surface area (Å²) in [5.41, 5.74) is 0. The van der Waals surface area contributed by atoms with Gasteiger partial charge >= 0.3 is 0 Å². The number of aliphatic carboxylic acids is 1. The van der Waals surface area contributed by atoms with Crippen molar-refractivity contribution in [3.8, 4) is 0 Å². The van der Waals surface area contributed by atoms with E-state index in [1.165, 1.54) is 6.92 Å². The minimum Gasteiger partial charge on any atom is -0.726 e. The van der Waals surface area contributed by atoms with Crippen molar-refractivity contribution >= 4 is 37.2 Å². The summed E-state index contributed by atoms with van der Waals surface area (Å²) in [7, 11) is -14.0. The Hall–Kier alpha value is -1.20. The zero-order chi connectivity index (χ0) is 31.3. The molecule has 0 aromatic carbocycles. The van der Waals surface area contributed by atoms with E-state index in [0.717, 1.165) is 21.3 Å². The molecule has 0 bridgehead atoms. The van der Waals surface area contributed by atoms with Gasteiger partial charge in [0.1, 0.15) is 42.7 Å². The molecule has 0 amide bonds. The minimum atomic E-state index is -5.82. The number of carbonyl (C=O) groups is 1. The summed E-state index contributed by atoms with van der Waals surface area (Å²) in [5, 5.41) is 11.9. The first kappa shape index (κ1) is 36.0. The van der Waals surface area contributed by atoms with Crippen LogP contribution in [0.15, 0.2) is 0 Å². The van der Waals surface area contributed by atoms with Crippen molar-refractivity contribution in [2.75, 3.05) is 34.5 Å². The van der Waals surface area contributed by atoms with Crippen LogP contribution < -0.4 is 5.11 Å². The van der Waals surface area contributed by atoms with Crippen LogP contribution in [0, 0.1) is 0 Å².